The van der Waals surface area contributed by atoms with Gasteiger partial charge in [-0.2, -0.15) is 0 Å². The lowest BCUT2D eigenvalue weighted by Gasteiger charge is -2.59. The van der Waals surface area contributed by atoms with Crippen molar-refractivity contribution in [3.05, 3.63) is 155 Å². The van der Waals surface area contributed by atoms with Crippen LogP contribution < -0.4 is 5.32 Å². The zero-order valence-corrected chi connectivity index (χ0v) is 39.7. The average Bonchev–Trinajstić information content (AvgIpc) is 3.33. The predicted molar refractivity (Wildman–Crippen MR) is 250 cm³/mol. The molecular formula is C54H57NO15. The Balaban J connectivity index is 1.41. The summed E-state index contributed by atoms with van der Waals surface area (Å²) in [5.41, 5.74) is -5.01. The number of Topliss-reactive ketones (excluding diaryl/α,β-unsaturated/α-hetero) is 1. The second-order valence-corrected chi connectivity index (χ2v) is 18.6. The zero-order chi connectivity index (χ0) is 50.5. The van der Waals surface area contributed by atoms with Crippen LogP contribution in [0.5, 0.6) is 0 Å². The molecular weight excluding hydrogens is 903 g/mol. The van der Waals surface area contributed by atoms with E-state index in [0.717, 1.165) is 6.92 Å². The molecule has 368 valence electrons. The second kappa shape index (κ2) is 20.9. The van der Waals surface area contributed by atoms with Crippen LogP contribution in [0.4, 0.5) is 0 Å². The van der Waals surface area contributed by atoms with Crippen LogP contribution in [0.2, 0.25) is 0 Å². The fourth-order valence-corrected chi connectivity index (χ4v) is 10.0. The number of esters is 5. The molecule has 10 atom stereocenters. The molecule has 16 heteroatoms. The maximum Gasteiger partial charge on any atom is 0.350 e. The van der Waals surface area contributed by atoms with Gasteiger partial charge in [0.05, 0.1) is 23.8 Å². The fourth-order valence-electron chi connectivity index (χ4n) is 10.0. The number of rotatable bonds is 12. The number of amides is 1. The number of benzene rings is 4. The van der Waals surface area contributed by atoms with Crippen LogP contribution in [0, 0.1) is 11.3 Å². The molecule has 2 fully saturated rings. The number of ether oxygens (including phenoxy) is 6. The van der Waals surface area contributed by atoms with Crippen LogP contribution in [-0.4, -0.2) is 106 Å². The Bertz CT molecular complexity index is 2620. The average molecular weight is 960 g/mol. The van der Waals surface area contributed by atoms with Gasteiger partial charge in [-0.15, -0.1) is 0 Å². The Morgan fingerprint density at radius 3 is 1.81 bits per heavy atom. The van der Waals surface area contributed by atoms with Crippen molar-refractivity contribution in [1.29, 1.82) is 0 Å². The molecule has 1 amide bonds. The third kappa shape index (κ3) is 10.3. The fraction of sp³-hybridized carbons (Fsp3) is 0.389. The highest BCUT2D eigenvalue weighted by molar-refractivity contribution is 5.96. The Kier molecular flexibility index (Phi) is 15.2. The van der Waals surface area contributed by atoms with Crippen LogP contribution in [-0.2, 0) is 47.6 Å². The van der Waals surface area contributed by atoms with Gasteiger partial charge in [-0.25, -0.2) is 14.4 Å². The molecule has 0 aromatic heterocycles. The number of hydrogen-bond donors (Lipinski definition) is 3. The number of aliphatic hydroxyl groups is 2. The lowest BCUT2D eigenvalue weighted by molar-refractivity contribution is -0.301. The van der Waals surface area contributed by atoms with E-state index in [1.54, 1.807) is 118 Å². The minimum Gasteiger partial charge on any atom is -0.455 e. The van der Waals surface area contributed by atoms with E-state index in [-0.39, 0.29) is 40.9 Å². The maximum atomic E-state index is 15.3. The quantitative estimate of drug-likeness (QED) is 0.0842. The smallest absolute Gasteiger partial charge is 0.350 e. The zero-order valence-electron chi connectivity index (χ0n) is 39.7. The summed E-state index contributed by atoms with van der Waals surface area (Å²) in [6.07, 6.45) is -11.0. The number of hydrogen-bond acceptors (Lipinski definition) is 15. The largest absolute Gasteiger partial charge is 0.455 e. The normalized spacial score (nSPS) is 27.0. The van der Waals surface area contributed by atoms with E-state index in [4.69, 9.17) is 28.4 Å². The Morgan fingerprint density at radius 2 is 1.29 bits per heavy atom. The maximum absolute atomic E-state index is 15.3. The number of carbonyl (C=O) groups excluding carboxylic acids is 7. The van der Waals surface area contributed by atoms with Gasteiger partial charge in [0.1, 0.15) is 30.0 Å². The Labute approximate surface area is 405 Å². The number of carbonyl (C=O) groups is 7. The van der Waals surface area contributed by atoms with Crippen LogP contribution >= 0.6 is 0 Å². The van der Waals surface area contributed by atoms with E-state index in [0.29, 0.717) is 5.56 Å². The summed E-state index contributed by atoms with van der Waals surface area (Å²) >= 11 is 0. The van der Waals surface area contributed by atoms with E-state index in [1.165, 1.54) is 38.1 Å². The molecule has 10 unspecified atom stereocenters. The van der Waals surface area contributed by atoms with Gasteiger partial charge in [0.25, 0.3) is 5.91 Å². The van der Waals surface area contributed by atoms with E-state index >= 15 is 4.79 Å². The standard InChI is InChI=1S/C54H57NO15/c1-31-41(67-51(63)46(68-49(61)37-23-15-9-16-24-37)44(35-19-11-7-12-20-35)55-48(60)36-21-13-8-14-22-36)29-54(64)47(69-50(62)38-25-17-10-18-26-38)32(2)53(70-34(4)57)30-65-42(53)28-39(58)27-40(59)45(66-33(3)56)43(31)52(54,5)6/h7-26,32,39,41-42,44-47,58,64H,27-30H2,1-6H3,(H,55,60). The highest BCUT2D eigenvalue weighted by Gasteiger charge is 2.67. The van der Waals surface area contributed by atoms with Gasteiger partial charge in [0.2, 0.25) is 6.10 Å². The molecule has 2 bridgehead atoms. The first-order chi connectivity index (χ1) is 33.3. The van der Waals surface area contributed by atoms with Gasteiger partial charge < -0.3 is 44.0 Å². The lowest BCUT2D eigenvalue weighted by atomic mass is 9.54. The van der Waals surface area contributed by atoms with Crippen molar-refractivity contribution in [2.75, 3.05) is 6.61 Å². The summed E-state index contributed by atoms with van der Waals surface area (Å²) in [5.74, 6) is -7.29. The van der Waals surface area contributed by atoms with Crippen LogP contribution in [0.15, 0.2) is 132 Å². The highest BCUT2D eigenvalue weighted by Crippen LogP contribution is 2.56. The summed E-state index contributed by atoms with van der Waals surface area (Å²) < 4.78 is 36.6. The van der Waals surface area contributed by atoms with Crippen molar-refractivity contribution in [2.45, 2.75) is 115 Å². The summed E-state index contributed by atoms with van der Waals surface area (Å²) in [7, 11) is 0. The molecule has 2 aliphatic carbocycles. The first-order valence-corrected chi connectivity index (χ1v) is 23.0. The number of fused-ring (bicyclic) bond motifs is 3. The van der Waals surface area contributed by atoms with Crippen LogP contribution in [0.3, 0.4) is 0 Å². The SMILES string of the molecule is CC(=O)OC1C(=O)CC(O)CC2OCC2(OC(C)=O)C(C)C(OC(=O)c2ccccc2)C2(O)CC(OC(=O)C(OC(=O)c3ccccc3)C(NC(=O)c3ccccc3)c3ccccc3)C(C)=C1C2(C)C. The monoisotopic (exact) mass is 959 g/mol. The molecule has 7 rings (SSSR count). The minimum atomic E-state index is -2.42. The minimum absolute atomic E-state index is 0.0438. The predicted octanol–water partition coefficient (Wildman–Crippen LogP) is 5.99. The molecule has 3 aliphatic rings. The molecule has 3 N–H and O–H groups in total. The molecule has 1 heterocycles. The Morgan fingerprint density at radius 1 is 0.743 bits per heavy atom. The van der Waals surface area contributed by atoms with E-state index in [2.05, 4.69) is 5.32 Å². The van der Waals surface area contributed by atoms with Gasteiger partial charge >= 0.3 is 29.8 Å². The molecule has 1 saturated heterocycles. The van der Waals surface area contributed by atoms with Gasteiger partial charge in [-0.05, 0) is 60.0 Å². The second-order valence-electron chi connectivity index (χ2n) is 18.6. The van der Waals surface area contributed by atoms with E-state index in [1.807, 2.05) is 0 Å². The highest BCUT2D eigenvalue weighted by atomic mass is 16.6. The van der Waals surface area contributed by atoms with Crippen molar-refractivity contribution in [1.82, 2.24) is 5.32 Å². The van der Waals surface area contributed by atoms with Crippen molar-refractivity contribution < 1.29 is 72.2 Å². The third-order valence-electron chi connectivity index (χ3n) is 13.8. The molecule has 16 nitrogen and oxygen atoms in total. The molecule has 1 aliphatic heterocycles. The number of aliphatic hydroxyl groups excluding tert-OH is 1. The van der Waals surface area contributed by atoms with E-state index < -0.39 is 120 Å². The third-order valence-corrected chi connectivity index (χ3v) is 13.8. The number of nitrogens with one attached hydrogen (secondary N) is 1. The van der Waals surface area contributed by atoms with Gasteiger partial charge in [0, 0.05) is 50.0 Å². The molecule has 0 spiro atoms. The lowest BCUT2D eigenvalue weighted by Crippen LogP contribution is -2.72. The molecule has 1 saturated carbocycles. The summed E-state index contributed by atoms with van der Waals surface area (Å²) in [4.78, 5) is 98.1. The summed E-state index contributed by atoms with van der Waals surface area (Å²) in [5, 5.41) is 28.2. The van der Waals surface area contributed by atoms with Gasteiger partial charge in [-0.1, -0.05) is 106 Å². The van der Waals surface area contributed by atoms with Gasteiger partial charge in [-0.3, -0.25) is 19.2 Å². The van der Waals surface area contributed by atoms with E-state index in [9.17, 15) is 39.0 Å². The summed E-state index contributed by atoms with van der Waals surface area (Å²) in [6, 6.07) is 30.8. The molecule has 4 aromatic carbocycles. The first-order valence-electron chi connectivity index (χ1n) is 23.0. The molecule has 70 heavy (non-hydrogen) atoms. The van der Waals surface area contributed by atoms with Crippen molar-refractivity contribution in [3.63, 3.8) is 0 Å². The van der Waals surface area contributed by atoms with Gasteiger partial charge in [0.15, 0.2) is 17.5 Å². The number of ketones is 1. The Hall–Kier alpha value is -7.01. The summed E-state index contributed by atoms with van der Waals surface area (Å²) in [6.45, 7) is 8.20. The van der Waals surface area contributed by atoms with Crippen LogP contribution in [0.1, 0.15) is 103 Å². The first kappa shape index (κ1) is 50.9. The molecule has 4 aromatic rings. The van der Waals surface area contributed by atoms with Crippen molar-refractivity contribution >= 4 is 41.5 Å². The van der Waals surface area contributed by atoms with Crippen molar-refractivity contribution in [2.24, 2.45) is 11.3 Å². The topological polar surface area (TPSA) is 227 Å². The molecule has 0 radical (unpaired) electrons. The van der Waals surface area contributed by atoms with Crippen LogP contribution in [0.25, 0.3) is 0 Å². The van der Waals surface area contributed by atoms with Crippen molar-refractivity contribution in [3.8, 4) is 0 Å².